The summed E-state index contributed by atoms with van der Waals surface area (Å²) in [6, 6.07) is 15.5. The lowest BCUT2D eigenvalue weighted by Crippen LogP contribution is -2.20. The fourth-order valence-electron chi connectivity index (χ4n) is 2.90. The molecule has 5 nitrogen and oxygen atoms in total. The summed E-state index contributed by atoms with van der Waals surface area (Å²) in [6.45, 7) is 0.209. The van der Waals surface area contributed by atoms with E-state index < -0.39 is 0 Å². The molecule has 0 spiro atoms. The van der Waals surface area contributed by atoms with Crippen LogP contribution in [0.15, 0.2) is 62.6 Å². The number of nitrogens with one attached hydrogen (secondary N) is 1. The molecule has 1 aliphatic heterocycles. The van der Waals surface area contributed by atoms with Gasteiger partial charge in [-0.2, -0.15) is 5.10 Å². The average molecular weight is 490 g/mol. The van der Waals surface area contributed by atoms with Crippen molar-refractivity contribution in [2.24, 2.45) is 5.10 Å². The summed E-state index contributed by atoms with van der Waals surface area (Å²) >= 11 is 7.01. The van der Waals surface area contributed by atoms with Crippen LogP contribution in [0.5, 0.6) is 11.5 Å². The normalized spacial score (nSPS) is 12.7. The molecule has 1 N–H and O–H groups in total. The van der Waals surface area contributed by atoms with Gasteiger partial charge in [0.15, 0.2) is 11.5 Å². The maximum atomic E-state index is 12.3. The predicted octanol–water partition coefficient (Wildman–Crippen LogP) is 4.79. The summed E-state index contributed by atoms with van der Waals surface area (Å²) in [5, 5.41) is 6.19. The molecule has 27 heavy (non-hydrogen) atoms. The van der Waals surface area contributed by atoms with E-state index in [1.165, 1.54) is 0 Å². The number of fused-ring (bicyclic) bond motifs is 2. The van der Waals surface area contributed by atoms with Crippen LogP contribution in [0, 0.1) is 0 Å². The van der Waals surface area contributed by atoms with Gasteiger partial charge in [-0.3, -0.25) is 4.79 Å². The minimum atomic E-state index is -0.185. The van der Waals surface area contributed by atoms with Gasteiger partial charge in [0.25, 0.3) is 0 Å². The van der Waals surface area contributed by atoms with E-state index in [0.29, 0.717) is 11.5 Å². The average Bonchev–Trinajstić information content (AvgIpc) is 3.11. The SMILES string of the molecule is O=C(Cc1ccc(Br)c2ccccc12)N/N=C/c1cc2c(cc1Br)OCO2. The van der Waals surface area contributed by atoms with Gasteiger partial charge < -0.3 is 9.47 Å². The summed E-state index contributed by atoms with van der Waals surface area (Å²) in [5.41, 5.74) is 4.32. The highest BCUT2D eigenvalue weighted by molar-refractivity contribution is 9.11. The number of rotatable bonds is 4. The predicted molar refractivity (Wildman–Crippen MR) is 111 cm³/mol. The maximum Gasteiger partial charge on any atom is 0.244 e. The van der Waals surface area contributed by atoms with Crippen molar-refractivity contribution >= 4 is 54.8 Å². The molecule has 0 saturated carbocycles. The molecule has 3 aromatic rings. The molecule has 3 aromatic carbocycles. The lowest BCUT2D eigenvalue weighted by atomic mass is 10.0. The van der Waals surface area contributed by atoms with Crippen LogP contribution in [0.4, 0.5) is 0 Å². The van der Waals surface area contributed by atoms with Crippen LogP contribution in [-0.4, -0.2) is 18.9 Å². The van der Waals surface area contributed by atoms with Crippen LogP contribution < -0.4 is 14.9 Å². The first-order chi connectivity index (χ1) is 13.1. The molecule has 0 atom stereocenters. The summed E-state index contributed by atoms with van der Waals surface area (Å²) in [5.74, 6) is 1.16. The number of hydrazone groups is 1. The molecule has 0 bridgehead atoms. The topological polar surface area (TPSA) is 59.9 Å². The summed E-state index contributed by atoms with van der Waals surface area (Å²) in [4.78, 5) is 12.3. The minimum absolute atomic E-state index is 0.185. The van der Waals surface area contributed by atoms with E-state index in [2.05, 4.69) is 42.4 Å². The third-order valence-corrected chi connectivity index (χ3v) is 5.58. The number of nitrogens with zero attached hydrogens (tertiary/aromatic N) is 1. The smallest absolute Gasteiger partial charge is 0.244 e. The van der Waals surface area contributed by atoms with E-state index in [1.807, 2.05) is 48.5 Å². The number of carbonyl (C=O) groups excluding carboxylic acids is 1. The highest BCUT2D eigenvalue weighted by atomic mass is 79.9. The van der Waals surface area contributed by atoms with Gasteiger partial charge in [0.2, 0.25) is 12.7 Å². The highest BCUT2D eigenvalue weighted by Gasteiger charge is 2.15. The molecule has 0 fully saturated rings. The Morgan fingerprint density at radius 2 is 1.78 bits per heavy atom. The zero-order valence-corrected chi connectivity index (χ0v) is 17.2. The zero-order valence-electron chi connectivity index (χ0n) is 14.0. The third-order valence-electron chi connectivity index (χ3n) is 4.20. The Kier molecular flexibility index (Phi) is 5.13. The molecule has 1 heterocycles. The van der Waals surface area contributed by atoms with Crippen molar-refractivity contribution in [3.05, 3.63) is 68.6 Å². The van der Waals surface area contributed by atoms with Crippen LogP contribution in [0.1, 0.15) is 11.1 Å². The Bertz CT molecular complexity index is 1070. The van der Waals surface area contributed by atoms with Gasteiger partial charge in [0.1, 0.15) is 0 Å². The van der Waals surface area contributed by atoms with Gasteiger partial charge in [0, 0.05) is 14.5 Å². The lowest BCUT2D eigenvalue weighted by Gasteiger charge is -2.07. The van der Waals surface area contributed by atoms with Crippen LogP contribution in [-0.2, 0) is 11.2 Å². The second-order valence-corrected chi connectivity index (χ2v) is 7.66. The number of hydrogen-bond donors (Lipinski definition) is 1. The van der Waals surface area contributed by atoms with E-state index >= 15 is 0 Å². The fraction of sp³-hybridized carbons (Fsp3) is 0.100. The first-order valence-corrected chi connectivity index (χ1v) is 9.77. The van der Waals surface area contributed by atoms with E-state index in [1.54, 1.807) is 6.21 Å². The molecular weight excluding hydrogens is 476 g/mol. The number of halogens is 2. The van der Waals surface area contributed by atoms with Crippen LogP contribution in [0.25, 0.3) is 10.8 Å². The minimum Gasteiger partial charge on any atom is -0.454 e. The number of carbonyl (C=O) groups is 1. The van der Waals surface area contributed by atoms with Crippen molar-refractivity contribution in [1.29, 1.82) is 0 Å². The number of amides is 1. The number of benzene rings is 3. The Labute approximate surface area is 172 Å². The Hall–Kier alpha value is -2.38. The largest absolute Gasteiger partial charge is 0.454 e. The summed E-state index contributed by atoms with van der Waals surface area (Å²) in [6.07, 6.45) is 1.82. The Balaban J connectivity index is 1.47. The molecule has 0 saturated heterocycles. The zero-order chi connectivity index (χ0) is 18.8. The van der Waals surface area contributed by atoms with Gasteiger partial charge >= 0.3 is 0 Å². The third kappa shape index (κ3) is 3.84. The lowest BCUT2D eigenvalue weighted by molar-refractivity contribution is -0.120. The molecule has 136 valence electrons. The molecular formula is C20H14Br2N2O3. The number of hydrogen-bond acceptors (Lipinski definition) is 4. The standard InChI is InChI=1S/C20H14Br2N2O3/c21-16-6-5-12(14-3-1-2-4-15(14)16)8-20(25)24-23-10-13-7-18-19(9-17(13)22)27-11-26-18/h1-7,9-10H,8,11H2,(H,24,25)/b23-10+. The Morgan fingerprint density at radius 3 is 2.59 bits per heavy atom. The molecule has 1 aliphatic rings. The monoisotopic (exact) mass is 488 g/mol. The summed E-state index contributed by atoms with van der Waals surface area (Å²) in [7, 11) is 0. The van der Waals surface area contributed by atoms with Gasteiger partial charge in [0.05, 0.1) is 12.6 Å². The fourth-order valence-corrected chi connectivity index (χ4v) is 3.80. The Morgan fingerprint density at radius 1 is 1.04 bits per heavy atom. The van der Waals surface area contributed by atoms with Crippen LogP contribution in [0.3, 0.4) is 0 Å². The summed E-state index contributed by atoms with van der Waals surface area (Å²) < 4.78 is 12.5. The number of ether oxygens (including phenoxy) is 2. The second kappa shape index (κ2) is 7.70. The molecule has 7 heteroatoms. The van der Waals surface area contributed by atoms with Gasteiger partial charge in [-0.25, -0.2) is 5.43 Å². The second-order valence-electron chi connectivity index (χ2n) is 5.95. The molecule has 0 unspecified atom stereocenters. The first kappa shape index (κ1) is 18.0. The molecule has 4 rings (SSSR count). The maximum absolute atomic E-state index is 12.3. The molecule has 0 aromatic heterocycles. The van der Waals surface area contributed by atoms with Crippen molar-refractivity contribution in [2.45, 2.75) is 6.42 Å². The first-order valence-electron chi connectivity index (χ1n) is 8.19. The van der Waals surface area contributed by atoms with Gasteiger partial charge in [-0.15, -0.1) is 0 Å². The van der Waals surface area contributed by atoms with Crippen molar-refractivity contribution < 1.29 is 14.3 Å². The molecule has 0 aliphatic carbocycles. The van der Waals surface area contributed by atoms with Crippen molar-refractivity contribution in [3.8, 4) is 11.5 Å². The van der Waals surface area contributed by atoms with E-state index in [4.69, 9.17) is 9.47 Å². The molecule has 1 amide bonds. The van der Waals surface area contributed by atoms with E-state index in [9.17, 15) is 4.79 Å². The van der Waals surface area contributed by atoms with E-state index in [0.717, 1.165) is 30.8 Å². The highest BCUT2D eigenvalue weighted by Crippen LogP contribution is 2.36. The van der Waals surface area contributed by atoms with Gasteiger partial charge in [-0.05, 0) is 50.5 Å². The van der Waals surface area contributed by atoms with Crippen LogP contribution in [0.2, 0.25) is 0 Å². The molecule has 0 radical (unpaired) electrons. The van der Waals surface area contributed by atoms with Crippen molar-refractivity contribution in [2.75, 3.05) is 6.79 Å². The van der Waals surface area contributed by atoms with Crippen molar-refractivity contribution in [1.82, 2.24) is 5.43 Å². The van der Waals surface area contributed by atoms with Crippen LogP contribution >= 0.6 is 31.9 Å². The quantitative estimate of drug-likeness (QED) is 0.423. The van der Waals surface area contributed by atoms with Gasteiger partial charge in [-0.1, -0.05) is 46.3 Å². The van der Waals surface area contributed by atoms with Crippen molar-refractivity contribution in [3.63, 3.8) is 0 Å². The van der Waals surface area contributed by atoms with E-state index in [-0.39, 0.29) is 19.1 Å².